The van der Waals surface area contributed by atoms with Gasteiger partial charge in [-0.05, 0) is 6.92 Å². The molecule has 1 heterocycles. The Bertz CT molecular complexity index is 246. The molecule has 0 saturated carbocycles. The zero-order valence-corrected chi connectivity index (χ0v) is 7.14. The number of hydrogen-bond acceptors (Lipinski definition) is 3. The molecule has 0 saturated heterocycles. The van der Waals surface area contributed by atoms with Crippen LogP contribution in [-0.2, 0) is 7.05 Å². The van der Waals surface area contributed by atoms with Gasteiger partial charge in [0.25, 0.3) is 0 Å². The van der Waals surface area contributed by atoms with Crippen LogP contribution in [0.2, 0.25) is 0 Å². The third kappa shape index (κ3) is 1.91. The topological polar surface area (TPSA) is 80.6 Å². The number of halogens is 1. The van der Waals surface area contributed by atoms with Crippen LogP contribution in [-0.4, -0.2) is 20.6 Å². The number of aromatic nitrogens is 3. The van der Waals surface area contributed by atoms with Gasteiger partial charge in [-0.3, -0.25) is 10.1 Å². The lowest BCUT2D eigenvalue weighted by Gasteiger charge is -1.85. The van der Waals surface area contributed by atoms with Gasteiger partial charge in [-0.1, -0.05) is 0 Å². The summed E-state index contributed by atoms with van der Waals surface area (Å²) in [5.41, 5.74) is 5.14. The van der Waals surface area contributed by atoms with E-state index in [-0.39, 0.29) is 18.2 Å². The van der Waals surface area contributed by atoms with E-state index in [9.17, 15) is 0 Å². The third-order valence-electron chi connectivity index (χ3n) is 1.22. The molecule has 5 nitrogen and oxygen atoms in total. The lowest BCUT2D eigenvalue weighted by molar-refractivity contribution is 0.732. The zero-order valence-electron chi connectivity index (χ0n) is 6.33. The molecule has 0 aromatic carbocycles. The van der Waals surface area contributed by atoms with Crippen LogP contribution in [0.1, 0.15) is 11.6 Å². The van der Waals surface area contributed by atoms with E-state index < -0.39 is 0 Å². The third-order valence-corrected chi connectivity index (χ3v) is 1.22. The largest absolute Gasteiger partial charge is 0.381 e. The second-order valence-electron chi connectivity index (χ2n) is 2.02. The molecule has 6 heteroatoms. The van der Waals surface area contributed by atoms with E-state index in [1.54, 1.807) is 18.7 Å². The Labute approximate surface area is 70.5 Å². The van der Waals surface area contributed by atoms with Crippen molar-refractivity contribution in [1.82, 2.24) is 14.8 Å². The van der Waals surface area contributed by atoms with E-state index in [0.29, 0.717) is 5.82 Å². The molecule has 1 aromatic heterocycles. The van der Waals surface area contributed by atoms with Crippen LogP contribution in [0.25, 0.3) is 0 Å². The predicted octanol–water partition coefficient (Wildman–Crippen LogP) is -0.171. The summed E-state index contributed by atoms with van der Waals surface area (Å²) in [6, 6.07) is 0. The first-order valence-corrected chi connectivity index (χ1v) is 2.83. The molecule has 0 aliphatic heterocycles. The molecule has 62 valence electrons. The van der Waals surface area contributed by atoms with Crippen molar-refractivity contribution in [3.8, 4) is 0 Å². The lowest BCUT2D eigenvalue weighted by atomic mass is 10.6. The van der Waals surface area contributed by atoms with Gasteiger partial charge in [-0.2, -0.15) is 0 Å². The fourth-order valence-electron chi connectivity index (χ4n) is 0.577. The smallest absolute Gasteiger partial charge is 0.216 e. The van der Waals surface area contributed by atoms with E-state index in [2.05, 4.69) is 10.1 Å². The minimum Gasteiger partial charge on any atom is -0.381 e. The minimum absolute atomic E-state index is 0. The molecular weight excluding hydrogens is 166 g/mol. The predicted molar refractivity (Wildman–Crippen MR) is 44.0 cm³/mol. The quantitative estimate of drug-likeness (QED) is 0.459. The maximum absolute atomic E-state index is 6.98. The molecule has 0 fully saturated rings. The number of nitrogen functional groups attached to an aromatic ring is 1. The van der Waals surface area contributed by atoms with Crippen molar-refractivity contribution in [1.29, 1.82) is 5.41 Å². The fourth-order valence-corrected chi connectivity index (χ4v) is 0.577. The van der Waals surface area contributed by atoms with Crippen LogP contribution in [0.15, 0.2) is 0 Å². The van der Waals surface area contributed by atoms with Crippen LogP contribution >= 0.6 is 12.4 Å². The summed E-state index contributed by atoms with van der Waals surface area (Å²) >= 11 is 0. The Morgan fingerprint density at radius 1 is 1.64 bits per heavy atom. The number of nitrogens with zero attached hydrogens (tertiary/aromatic N) is 3. The normalized spacial score (nSPS) is 8.91. The van der Waals surface area contributed by atoms with E-state index in [1.807, 2.05) is 0 Å². The SMILES string of the molecule is Cc1nc(C(=N)N)nn1C.Cl. The first kappa shape index (κ1) is 9.90. The summed E-state index contributed by atoms with van der Waals surface area (Å²) in [4.78, 5) is 3.91. The highest BCUT2D eigenvalue weighted by Gasteiger charge is 2.03. The molecule has 0 aliphatic carbocycles. The molecule has 0 aliphatic rings. The molecule has 0 atom stereocenters. The standard InChI is InChI=1S/C5H9N5.ClH/c1-3-8-5(4(6)7)9-10(3)2;/h1-2H3,(H3,6,7);1H. The van der Waals surface area contributed by atoms with Crippen LogP contribution in [0.3, 0.4) is 0 Å². The Kier molecular flexibility index (Phi) is 3.00. The molecule has 0 unspecified atom stereocenters. The monoisotopic (exact) mass is 175 g/mol. The van der Waals surface area contributed by atoms with Crippen molar-refractivity contribution < 1.29 is 0 Å². The summed E-state index contributed by atoms with van der Waals surface area (Å²) in [5.74, 6) is 0.953. The summed E-state index contributed by atoms with van der Waals surface area (Å²) < 4.78 is 1.58. The van der Waals surface area contributed by atoms with Gasteiger partial charge in [0.05, 0.1) is 0 Å². The number of amidine groups is 1. The van der Waals surface area contributed by atoms with Gasteiger partial charge in [0.1, 0.15) is 5.82 Å². The van der Waals surface area contributed by atoms with Crippen LogP contribution in [0.4, 0.5) is 0 Å². The van der Waals surface area contributed by atoms with Crippen molar-refractivity contribution in [2.45, 2.75) is 6.92 Å². The summed E-state index contributed by atoms with van der Waals surface area (Å²) in [6.45, 7) is 1.80. The van der Waals surface area contributed by atoms with Gasteiger partial charge in [-0.15, -0.1) is 17.5 Å². The van der Waals surface area contributed by atoms with Crippen molar-refractivity contribution in [3.63, 3.8) is 0 Å². The lowest BCUT2D eigenvalue weighted by Crippen LogP contribution is -2.13. The first-order chi connectivity index (χ1) is 4.61. The highest BCUT2D eigenvalue weighted by atomic mass is 35.5. The van der Waals surface area contributed by atoms with Crippen LogP contribution < -0.4 is 5.73 Å². The summed E-state index contributed by atoms with van der Waals surface area (Å²) in [6.07, 6.45) is 0. The molecule has 3 N–H and O–H groups in total. The van der Waals surface area contributed by atoms with Crippen molar-refractivity contribution in [2.75, 3.05) is 0 Å². The van der Waals surface area contributed by atoms with E-state index >= 15 is 0 Å². The molecular formula is C5H10ClN5. The van der Waals surface area contributed by atoms with Crippen molar-refractivity contribution in [2.24, 2.45) is 12.8 Å². The fraction of sp³-hybridized carbons (Fsp3) is 0.400. The second kappa shape index (κ2) is 3.34. The van der Waals surface area contributed by atoms with E-state index in [4.69, 9.17) is 11.1 Å². The Morgan fingerprint density at radius 3 is 2.36 bits per heavy atom. The zero-order chi connectivity index (χ0) is 7.72. The summed E-state index contributed by atoms with van der Waals surface area (Å²) in [5, 5.41) is 10.9. The minimum atomic E-state index is -0.0938. The van der Waals surface area contributed by atoms with E-state index in [0.717, 1.165) is 5.82 Å². The first-order valence-electron chi connectivity index (χ1n) is 2.83. The van der Waals surface area contributed by atoms with Crippen molar-refractivity contribution in [3.05, 3.63) is 11.6 Å². The maximum Gasteiger partial charge on any atom is 0.216 e. The second-order valence-corrected chi connectivity index (χ2v) is 2.02. The van der Waals surface area contributed by atoms with E-state index in [1.165, 1.54) is 0 Å². The molecule has 1 rings (SSSR count). The molecule has 11 heavy (non-hydrogen) atoms. The summed E-state index contributed by atoms with van der Waals surface area (Å²) in [7, 11) is 1.76. The Balaban J connectivity index is 0.000001000. The molecule has 1 aromatic rings. The number of rotatable bonds is 1. The number of nitrogens with one attached hydrogen (secondary N) is 1. The Hall–Kier alpha value is -1.10. The van der Waals surface area contributed by atoms with Gasteiger partial charge in [0, 0.05) is 7.05 Å². The van der Waals surface area contributed by atoms with Gasteiger partial charge in [-0.25, -0.2) is 4.98 Å². The highest BCUT2D eigenvalue weighted by molar-refractivity contribution is 5.90. The molecule has 0 radical (unpaired) electrons. The van der Waals surface area contributed by atoms with Crippen LogP contribution in [0.5, 0.6) is 0 Å². The van der Waals surface area contributed by atoms with Crippen molar-refractivity contribution >= 4 is 18.2 Å². The maximum atomic E-state index is 6.98. The van der Waals surface area contributed by atoms with Gasteiger partial charge in [0.15, 0.2) is 5.84 Å². The molecule has 0 spiro atoms. The average molecular weight is 176 g/mol. The highest BCUT2D eigenvalue weighted by Crippen LogP contribution is 1.91. The molecule has 0 amide bonds. The number of nitrogens with two attached hydrogens (primary N) is 1. The van der Waals surface area contributed by atoms with Gasteiger partial charge in [0.2, 0.25) is 5.82 Å². The average Bonchev–Trinajstić information content (AvgIpc) is 2.13. The van der Waals surface area contributed by atoms with Crippen LogP contribution in [0, 0.1) is 12.3 Å². The molecule has 0 bridgehead atoms. The number of aryl methyl sites for hydroxylation is 2. The van der Waals surface area contributed by atoms with Gasteiger partial charge >= 0.3 is 0 Å². The Morgan fingerprint density at radius 2 is 2.18 bits per heavy atom. The number of hydrogen-bond donors (Lipinski definition) is 2. The van der Waals surface area contributed by atoms with Gasteiger partial charge < -0.3 is 5.73 Å².